The van der Waals surface area contributed by atoms with E-state index in [1.165, 1.54) is 48.5 Å². The minimum absolute atomic E-state index is 0.00285. The molecule has 0 spiro atoms. The summed E-state index contributed by atoms with van der Waals surface area (Å²) >= 11 is 0. The van der Waals surface area contributed by atoms with Gasteiger partial charge in [-0.3, -0.25) is 14.9 Å². The highest BCUT2D eigenvalue weighted by molar-refractivity contribution is 5.92. The van der Waals surface area contributed by atoms with E-state index in [4.69, 9.17) is 0 Å². The molecule has 0 fully saturated rings. The minimum atomic E-state index is -4.53. The smallest absolute Gasteiger partial charge is 0.326 e. The Bertz CT molecular complexity index is 996. The molecule has 7 nitrogen and oxygen atoms in total. The highest BCUT2D eigenvalue weighted by Crippen LogP contribution is 2.30. The first-order valence-electron chi connectivity index (χ1n) is 7.99. The Labute approximate surface area is 156 Å². The molecule has 28 heavy (non-hydrogen) atoms. The molecule has 1 aromatic heterocycles. The molecular weight excluding hydrogens is 377 g/mol. The zero-order chi connectivity index (χ0) is 20.3. The first-order valence-corrected chi connectivity index (χ1v) is 7.99. The van der Waals surface area contributed by atoms with Gasteiger partial charge in [0.1, 0.15) is 5.69 Å². The van der Waals surface area contributed by atoms with Crippen LogP contribution in [0, 0.1) is 10.1 Å². The van der Waals surface area contributed by atoms with Gasteiger partial charge in [0.25, 0.3) is 5.69 Å². The number of rotatable bonds is 5. The summed E-state index contributed by atoms with van der Waals surface area (Å²) in [6, 6.07) is 12.2. The van der Waals surface area contributed by atoms with E-state index in [1.54, 1.807) is 0 Å². The number of aromatic nitrogens is 2. The summed E-state index contributed by atoms with van der Waals surface area (Å²) in [5.74, 6) is -0.364. The van der Waals surface area contributed by atoms with E-state index >= 15 is 0 Å². The van der Waals surface area contributed by atoms with Gasteiger partial charge in [-0.1, -0.05) is 12.1 Å². The molecule has 1 heterocycles. The monoisotopic (exact) mass is 390 g/mol. The van der Waals surface area contributed by atoms with Crippen LogP contribution in [0.1, 0.15) is 11.3 Å². The Hall–Kier alpha value is -3.69. The standard InChI is InChI=1S/C18H13F3N4O3/c19-18(20,21)16-9-10-22-24(16)14-7-3-13(4-8-14)23-17(26)11-12-1-5-15(6-2-12)25(27)28/h1-10H,11H2,(H,23,26). The largest absolute Gasteiger partial charge is 0.433 e. The maximum absolute atomic E-state index is 12.9. The number of amides is 1. The van der Waals surface area contributed by atoms with Crippen LogP contribution in [-0.4, -0.2) is 20.6 Å². The number of hydrogen-bond acceptors (Lipinski definition) is 4. The molecule has 1 N–H and O–H groups in total. The minimum Gasteiger partial charge on any atom is -0.326 e. The molecule has 3 aromatic rings. The normalized spacial score (nSPS) is 11.2. The fourth-order valence-corrected chi connectivity index (χ4v) is 2.54. The number of carbonyl (C=O) groups excluding carboxylic acids is 1. The third-order valence-electron chi connectivity index (χ3n) is 3.84. The van der Waals surface area contributed by atoms with E-state index in [2.05, 4.69) is 10.4 Å². The summed E-state index contributed by atoms with van der Waals surface area (Å²) in [7, 11) is 0. The van der Waals surface area contributed by atoms with Crippen molar-refractivity contribution < 1.29 is 22.9 Å². The summed E-state index contributed by atoms with van der Waals surface area (Å²) in [6.07, 6.45) is -3.48. The van der Waals surface area contributed by atoms with Gasteiger partial charge < -0.3 is 5.32 Å². The zero-order valence-corrected chi connectivity index (χ0v) is 14.2. The average molecular weight is 390 g/mol. The molecule has 10 heteroatoms. The van der Waals surface area contributed by atoms with Crippen molar-refractivity contribution >= 4 is 17.3 Å². The van der Waals surface area contributed by atoms with Gasteiger partial charge in [0.05, 0.1) is 23.2 Å². The molecule has 0 unspecified atom stereocenters. The van der Waals surface area contributed by atoms with Crippen molar-refractivity contribution in [3.63, 3.8) is 0 Å². The van der Waals surface area contributed by atoms with Crippen molar-refractivity contribution in [1.82, 2.24) is 9.78 Å². The number of nitrogens with zero attached hydrogens (tertiary/aromatic N) is 3. The highest BCUT2D eigenvalue weighted by Gasteiger charge is 2.35. The topological polar surface area (TPSA) is 90.1 Å². The van der Waals surface area contributed by atoms with Gasteiger partial charge in [-0.15, -0.1) is 0 Å². The van der Waals surface area contributed by atoms with E-state index < -0.39 is 16.8 Å². The fourth-order valence-electron chi connectivity index (χ4n) is 2.54. The van der Waals surface area contributed by atoms with Crippen LogP contribution >= 0.6 is 0 Å². The number of nitro groups is 1. The summed E-state index contributed by atoms with van der Waals surface area (Å²) in [4.78, 5) is 22.2. The zero-order valence-electron chi connectivity index (χ0n) is 14.2. The third kappa shape index (κ3) is 4.34. The SMILES string of the molecule is O=C(Cc1ccc([N+](=O)[O-])cc1)Nc1ccc(-n2nccc2C(F)(F)F)cc1. The molecule has 0 atom stereocenters. The lowest BCUT2D eigenvalue weighted by Crippen LogP contribution is -2.15. The first-order chi connectivity index (χ1) is 13.2. The van der Waals surface area contributed by atoms with E-state index in [0.717, 1.165) is 16.9 Å². The van der Waals surface area contributed by atoms with Crippen molar-refractivity contribution in [1.29, 1.82) is 0 Å². The number of carbonyl (C=O) groups is 1. The molecule has 0 bridgehead atoms. The maximum Gasteiger partial charge on any atom is 0.433 e. The molecule has 1 amide bonds. The molecule has 0 aliphatic carbocycles. The van der Waals surface area contributed by atoms with Crippen molar-refractivity contribution in [2.75, 3.05) is 5.32 Å². The van der Waals surface area contributed by atoms with Crippen LogP contribution in [0.2, 0.25) is 0 Å². The lowest BCUT2D eigenvalue weighted by molar-refractivity contribution is -0.384. The number of anilines is 1. The summed E-state index contributed by atoms with van der Waals surface area (Å²) in [5, 5.41) is 16.9. The number of nitro benzene ring substituents is 1. The fraction of sp³-hybridized carbons (Fsp3) is 0.111. The molecule has 144 valence electrons. The van der Waals surface area contributed by atoms with Crippen LogP contribution in [-0.2, 0) is 17.4 Å². The first kappa shape index (κ1) is 19.1. The van der Waals surface area contributed by atoms with Crippen LogP contribution in [0.5, 0.6) is 0 Å². The van der Waals surface area contributed by atoms with Crippen molar-refractivity contribution in [2.45, 2.75) is 12.6 Å². The second kappa shape index (κ2) is 7.51. The second-order valence-corrected chi connectivity index (χ2v) is 5.82. The molecular formula is C18H13F3N4O3. The second-order valence-electron chi connectivity index (χ2n) is 5.82. The van der Waals surface area contributed by atoms with Crippen molar-refractivity contribution in [3.05, 3.63) is 82.2 Å². The lowest BCUT2D eigenvalue weighted by atomic mass is 10.1. The van der Waals surface area contributed by atoms with Gasteiger partial charge in [0, 0.05) is 17.8 Å². The quantitative estimate of drug-likeness (QED) is 0.527. The average Bonchev–Trinajstić information content (AvgIpc) is 3.13. The van der Waals surface area contributed by atoms with E-state index in [9.17, 15) is 28.1 Å². The molecule has 0 aliphatic rings. The van der Waals surface area contributed by atoms with Gasteiger partial charge in [-0.2, -0.15) is 18.3 Å². The molecule has 0 saturated carbocycles. The summed E-state index contributed by atoms with van der Waals surface area (Å²) in [6.45, 7) is 0. The van der Waals surface area contributed by atoms with Gasteiger partial charge >= 0.3 is 6.18 Å². The molecule has 3 rings (SSSR count). The number of hydrogen-bond donors (Lipinski definition) is 1. The van der Waals surface area contributed by atoms with Crippen LogP contribution in [0.4, 0.5) is 24.5 Å². The number of halogens is 3. The van der Waals surface area contributed by atoms with E-state index in [1.807, 2.05) is 0 Å². The Morgan fingerprint density at radius 3 is 2.29 bits per heavy atom. The summed E-state index contributed by atoms with van der Waals surface area (Å²) in [5.41, 5.74) is 0.215. The molecule has 0 aliphatic heterocycles. The van der Waals surface area contributed by atoms with Crippen LogP contribution in [0.3, 0.4) is 0 Å². The van der Waals surface area contributed by atoms with E-state index in [-0.39, 0.29) is 23.7 Å². The lowest BCUT2D eigenvalue weighted by Gasteiger charge is -2.11. The summed E-state index contributed by atoms with van der Waals surface area (Å²) < 4.78 is 39.6. The molecule has 0 saturated heterocycles. The van der Waals surface area contributed by atoms with Crippen LogP contribution in [0.15, 0.2) is 60.8 Å². The van der Waals surface area contributed by atoms with Gasteiger partial charge in [-0.25, -0.2) is 4.68 Å². The molecule has 2 aromatic carbocycles. The Balaban J connectivity index is 1.66. The predicted octanol–water partition coefficient (Wildman–Crippen LogP) is 3.98. The highest BCUT2D eigenvalue weighted by atomic mass is 19.4. The molecule has 0 radical (unpaired) electrons. The third-order valence-corrected chi connectivity index (χ3v) is 3.84. The van der Waals surface area contributed by atoms with Crippen molar-refractivity contribution in [2.24, 2.45) is 0 Å². The predicted molar refractivity (Wildman–Crippen MR) is 94.0 cm³/mol. The number of alkyl halides is 3. The Kier molecular flexibility index (Phi) is 5.12. The van der Waals surface area contributed by atoms with Gasteiger partial charge in [0.2, 0.25) is 5.91 Å². The number of benzene rings is 2. The maximum atomic E-state index is 12.9. The van der Waals surface area contributed by atoms with Gasteiger partial charge in [-0.05, 0) is 35.9 Å². The van der Waals surface area contributed by atoms with E-state index in [0.29, 0.717) is 11.3 Å². The van der Waals surface area contributed by atoms with Crippen LogP contribution < -0.4 is 5.32 Å². The number of non-ortho nitro benzene ring substituents is 1. The van der Waals surface area contributed by atoms with Crippen molar-refractivity contribution in [3.8, 4) is 5.69 Å². The Morgan fingerprint density at radius 1 is 1.07 bits per heavy atom. The van der Waals surface area contributed by atoms with Gasteiger partial charge in [0.15, 0.2) is 0 Å². The Morgan fingerprint density at radius 2 is 1.71 bits per heavy atom. The number of nitrogens with one attached hydrogen (secondary N) is 1. The van der Waals surface area contributed by atoms with Crippen LogP contribution in [0.25, 0.3) is 5.69 Å².